The summed E-state index contributed by atoms with van der Waals surface area (Å²) in [7, 11) is 0. The van der Waals surface area contributed by atoms with E-state index in [9.17, 15) is 14.4 Å². The zero-order chi connectivity index (χ0) is 26.4. The van der Waals surface area contributed by atoms with Gasteiger partial charge in [0.15, 0.2) is 18.3 Å². The normalized spacial score (nSPS) is 23.4. The van der Waals surface area contributed by atoms with Gasteiger partial charge in [-0.1, -0.05) is 35.9 Å². The van der Waals surface area contributed by atoms with Gasteiger partial charge in [0.2, 0.25) is 0 Å². The van der Waals surface area contributed by atoms with Crippen molar-refractivity contribution in [2.45, 2.75) is 64.0 Å². The second-order valence-electron chi connectivity index (χ2n) is 8.27. The average molecular weight is 537 g/mol. The maximum Gasteiger partial charge on any atom is 0.303 e. The number of halogens is 1. The molecule has 36 heavy (non-hydrogen) atoms. The number of hydrogen-bond donors (Lipinski definition) is 1. The molecule has 194 valence electrons. The summed E-state index contributed by atoms with van der Waals surface area (Å²) in [6, 6.07) is 13.0. The van der Waals surface area contributed by atoms with E-state index in [1.54, 1.807) is 12.1 Å². The summed E-state index contributed by atoms with van der Waals surface area (Å²) in [6.07, 6.45) is -3.67. The largest absolute Gasteiger partial charge is 0.494 e. The summed E-state index contributed by atoms with van der Waals surface area (Å²) in [5, 5.41) is 0.546. The summed E-state index contributed by atoms with van der Waals surface area (Å²) in [5.41, 5.74) is 1.49. The lowest BCUT2D eigenvalue weighted by Crippen LogP contribution is -2.57. The fourth-order valence-electron chi connectivity index (χ4n) is 4.06. The minimum atomic E-state index is -1.14. The van der Waals surface area contributed by atoms with Crippen molar-refractivity contribution in [2.75, 3.05) is 6.61 Å². The molecule has 5 atom stereocenters. The van der Waals surface area contributed by atoms with Crippen LogP contribution in [0.5, 0.6) is 5.75 Å². The first-order valence-electron chi connectivity index (χ1n) is 11.4. The lowest BCUT2D eigenvalue weighted by atomic mass is 9.92. The molecular weight excluding hydrogens is 508 g/mol. The summed E-state index contributed by atoms with van der Waals surface area (Å²) < 4.78 is 27.9. The third kappa shape index (κ3) is 7.15. The van der Waals surface area contributed by atoms with Gasteiger partial charge in [0.05, 0.1) is 6.61 Å². The summed E-state index contributed by atoms with van der Waals surface area (Å²) in [4.78, 5) is 35.6. The first kappa shape index (κ1) is 27.8. The SMILES string of the molecule is CCOc1ccc(Cc2cc(C3OC(S)C(OC(C)=O)C(OC(C)=O)C3OC(C)=O)ccc2Cl)cc1. The number of carbonyl (C=O) groups excluding carboxylic acids is 3. The lowest BCUT2D eigenvalue weighted by Gasteiger charge is -2.43. The second kappa shape index (κ2) is 12.5. The summed E-state index contributed by atoms with van der Waals surface area (Å²) in [6.45, 7) is 6.16. The summed E-state index contributed by atoms with van der Waals surface area (Å²) in [5.74, 6) is -1.10. The molecule has 2 aromatic rings. The first-order valence-corrected chi connectivity index (χ1v) is 12.3. The molecule has 0 saturated carbocycles. The third-order valence-electron chi connectivity index (χ3n) is 5.45. The molecule has 3 rings (SSSR count). The van der Waals surface area contributed by atoms with E-state index in [0.717, 1.165) is 16.9 Å². The molecule has 10 heteroatoms. The lowest BCUT2D eigenvalue weighted by molar-refractivity contribution is -0.233. The van der Waals surface area contributed by atoms with E-state index in [0.29, 0.717) is 23.6 Å². The highest BCUT2D eigenvalue weighted by Crippen LogP contribution is 2.39. The molecule has 1 fully saturated rings. The van der Waals surface area contributed by atoms with Crippen LogP contribution in [0.15, 0.2) is 42.5 Å². The van der Waals surface area contributed by atoms with Gasteiger partial charge in [-0.2, -0.15) is 0 Å². The molecule has 0 aromatic heterocycles. The minimum absolute atomic E-state index is 0.526. The predicted molar refractivity (Wildman–Crippen MR) is 135 cm³/mol. The van der Waals surface area contributed by atoms with E-state index < -0.39 is 47.8 Å². The van der Waals surface area contributed by atoms with Gasteiger partial charge in [-0.15, -0.1) is 12.6 Å². The van der Waals surface area contributed by atoms with Crippen LogP contribution in [0.1, 0.15) is 50.5 Å². The van der Waals surface area contributed by atoms with Gasteiger partial charge >= 0.3 is 17.9 Å². The fraction of sp³-hybridized carbons (Fsp3) is 0.423. The van der Waals surface area contributed by atoms with Crippen molar-refractivity contribution >= 4 is 42.1 Å². The van der Waals surface area contributed by atoms with Crippen molar-refractivity contribution < 1.29 is 38.1 Å². The molecule has 0 bridgehead atoms. The molecular formula is C26H29ClO8S. The molecule has 1 aliphatic rings. The first-order chi connectivity index (χ1) is 17.1. The summed E-state index contributed by atoms with van der Waals surface area (Å²) >= 11 is 10.9. The highest BCUT2D eigenvalue weighted by molar-refractivity contribution is 7.80. The van der Waals surface area contributed by atoms with Crippen molar-refractivity contribution in [1.29, 1.82) is 0 Å². The van der Waals surface area contributed by atoms with Gasteiger partial charge in [0.25, 0.3) is 0 Å². The Morgan fingerprint density at radius 2 is 1.47 bits per heavy atom. The molecule has 0 N–H and O–H groups in total. The number of hydrogen-bond acceptors (Lipinski definition) is 9. The highest BCUT2D eigenvalue weighted by Gasteiger charge is 2.51. The van der Waals surface area contributed by atoms with Crippen molar-refractivity contribution in [2.24, 2.45) is 0 Å². The van der Waals surface area contributed by atoms with E-state index in [2.05, 4.69) is 12.6 Å². The molecule has 0 spiro atoms. The van der Waals surface area contributed by atoms with Gasteiger partial charge < -0.3 is 23.7 Å². The quantitative estimate of drug-likeness (QED) is 0.300. The molecule has 0 radical (unpaired) electrons. The van der Waals surface area contributed by atoms with Crippen LogP contribution in [-0.2, 0) is 39.8 Å². The molecule has 1 heterocycles. The zero-order valence-electron chi connectivity index (χ0n) is 20.4. The van der Waals surface area contributed by atoms with Crippen LogP contribution in [-0.4, -0.2) is 48.3 Å². The van der Waals surface area contributed by atoms with Crippen LogP contribution in [0.3, 0.4) is 0 Å². The van der Waals surface area contributed by atoms with Gasteiger partial charge in [0, 0.05) is 25.8 Å². The third-order valence-corrected chi connectivity index (χ3v) is 6.23. The molecule has 2 aromatic carbocycles. The molecule has 0 amide bonds. The van der Waals surface area contributed by atoms with Crippen LogP contribution in [0.4, 0.5) is 0 Å². The van der Waals surface area contributed by atoms with Crippen molar-refractivity contribution in [3.8, 4) is 5.75 Å². The average Bonchev–Trinajstić information content (AvgIpc) is 2.80. The molecule has 0 aliphatic carbocycles. The van der Waals surface area contributed by atoms with E-state index in [1.165, 1.54) is 20.8 Å². The standard InChI is InChI=1S/C26H29ClO8S/c1-5-31-20-9-6-17(7-10-20)12-19-13-18(8-11-21(19)27)22-23(32-14(2)28)24(33-15(3)29)25(26(36)35-22)34-16(4)30/h6-11,13,22-26,36H,5,12H2,1-4H3. The topological polar surface area (TPSA) is 97.4 Å². The molecule has 1 saturated heterocycles. The number of thiol groups is 1. The maximum absolute atomic E-state index is 12.0. The monoisotopic (exact) mass is 536 g/mol. The Kier molecular flexibility index (Phi) is 9.64. The molecule has 5 unspecified atom stereocenters. The number of ether oxygens (including phenoxy) is 5. The maximum atomic E-state index is 12.0. The minimum Gasteiger partial charge on any atom is -0.494 e. The van der Waals surface area contributed by atoms with Crippen LogP contribution in [0.2, 0.25) is 5.02 Å². The van der Waals surface area contributed by atoms with Crippen LogP contribution >= 0.6 is 24.2 Å². The van der Waals surface area contributed by atoms with E-state index in [4.69, 9.17) is 35.3 Å². The van der Waals surface area contributed by atoms with Crippen molar-refractivity contribution in [3.05, 3.63) is 64.2 Å². The Bertz CT molecular complexity index is 1090. The number of rotatable bonds is 8. The van der Waals surface area contributed by atoms with Crippen LogP contribution in [0, 0.1) is 0 Å². The predicted octanol–water partition coefficient (Wildman–Crippen LogP) is 4.45. The van der Waals surface area contributed by atoms with Crippen molar-refractivity contribution in [3.63, 3.8) is 0 Å². The fourth-order valence-corrected chi connectivity index (χ4v) is 4.60. The highest BCUT2D eigenvalue weighted by atomic mass is 35.5. The number of carbonyl (C=O) groups is 3. The molecule has 1 aliphatic heterocycles. The number of esters is 3. The van der Waals surface area contributed by atoms with Gasteiger partial charge in [-0.25, -0.2) is 0 Å². The van der Waals surface area contributed by atoms with Crippen LogP contribution < -0.4 is 4.74 Å². The second-order valence-corrected chi connectivity index (χ2v) is 9.19. The van der Waals surface area contributed by atoms with Gasteiger partial charge in [-0.05, 0) is 48.2 Å². The smallest absolute Gasteiger partial charge is 0.303 e. The number of benzene rings is 2. The Morgan fingerprint density at radius 3 is 2.06 bits per heavy atom. The van der Waals surface area contributed by atoms with E-state index in [1.807, 2.05) is 37.3 Å². The van der Waals surface area contributed by atoms with E-state index >= 15 is 0 Å². The Labute approximate surface area is 220 Å². The molecule has 8 nitrogen and oxygen atoms in total. The Hall–Kier alpha value is -2.75. The van der Waals surface area contributed by atoms with Crippen molar-refractivity contribution in [1.82, 2.24) is 0 Å². The Morgan fingerprint density at radius 1 is 0.889 bits per heavy atom. The Balaban J connectivity index is 1.96. The van der Waals surface area contributed by atoms with E-state index in [-0.39, 0.29) is 0 Å². The van der Waals surface area contributed by atoms with Crippen LogP contribution in [0.25, 0.3) is 0 Å². The zero-order valence-corrected chi connectivity index (χ0v) is 22.1. The van der Waals surface area contributed by atoms with Gasteiger partial charge in [-0.3, -0.25) is 14.4 Å². The van der Waals surface area contributed by atoms with Gasteiger partial charge in [0.1, 0.15) is 17.3 Å².